The molecule has 0 spiro atoms. The topological polar surface area (TPSA) is 43.3 Å². The molecule has 2 fully saturated rings. The number of likely N-dealkylation sites (N-methyl/N-ethyl adjacent to an activating group) is 1. The molecule has 1 aliphatic carbocycles. The van der Waals surface area contributed by atoms with E-state index in [1.165, 1.54) is 30.5 Å². The van der Waals surface area contributed by atoms with Crippen LogP contribution in [0, 0.1) is 12.8 Å². The summed E-state index contributed by atoms with van der Waals surface area (Å²) in [5.74, 6) is 3.54. The molecule has 1 N–H and O–H groups in total. The van der Waals surface area contributed by atoms with Crippen molar-refractivity contribution in [1.82, 2.24) is 20.0 Å². The van der Waals surface area contributed by atoms with Gasteiger partial charge >= 0.3 is 0 Å². The predicted molar refractivity (Wildman–Crippen MR) is 153 cm³/mol. The van der Waals surface area contributed by atoms with Crippen LogP contribution in [-0.2, 0) is 0 Å². The van der Waals surface area contributed by atoms with Gasteiger partial charge in [0.2, 0.25) is 0 Å². The Morgan fingerprint density at radius 3 is 2.62 bits per heavy atom. The highest BCUT2D eigenvalue weighted by Crippen LogP contribution is 2.37. The Kier molecular flexibility index (Phi) is 7.18. The van der Waals surface area contributed by atoms with Crippen LogP contribution < -0.4 is 10.1 Å². The number of piperidine rings is 1. The van der Waals surface area contributed by atoms with Gasteiger partial charge in [0, 0.05) is 68.4 Å². The minimum absolute atomic E-state index is 0.175. The first-order valence-electron chi connectivity index (χ1n) is 13.6. The van der Waals surface area contributed by atoms with Gasteiger partial charge in [-0.25, -0.2) is 4.99 Å². The summed E-state index contributed by atoms with van der Waals surface area (Å²) in [7, 11) is 4.25. The highest BCUT2D eigenvalue weighted by Gasteiger charge is 2.32. The van der Waals surface area contributed by atoms with E-state index in [0.29, 0.717) is 12.5 Å². The number of benzene rings is 1. The largest absolute Gasteiger partial charge is 0.487 e. The molecule has 6 heteroatoms. The lowest BCUT2D eigenvalue weighted by molar-refractivity contribution is 0.258. The van der Waals surface area contributed by atoms with Crippen molar-refractivity contribution in [3.05, 3.63) is 84.1 Å². The van der Waals surface area contributed by atoms with Gasteiger partial charge in [-0.3, -0.25) is 0 Å². The molecule has 196 valence electrons. The van der Waals surface area contributed by atoms with Crippen molar-refractivity contribution in [2.45, 2.75) is 45.1 Å². The van der Waals surface area contributed by atoms with Crippen molar-refractivity contribution < 1.29 is 4.74 Å². The Hall–Kier alpha value is -3.41. The van der Waals surface area contributed by atoms with E-state index in [9.17, 15) is 0 Å². The van der Waals surface area contributed by atoms with Gasteiger partial charge in [0.25, 0.3) is 0 Å². The molecular formula is C31H41N5O. The summed E-state index contributed by atoms with van der Waals surface area (Å²) in [6, 6.07) is 6.51. The molecule has 1 aromatic carbocycles. The maximum Gasteiger partial charge on any atom is 0.134 e. The van der Waals surface area contributed by atoms with Gasteiger partial charge in [-0.05, 0) is 62.8 Å². The number of rotatable bonds is 1. The fraction of sp³-hybridized carbons (Fsp3) is 0.452. The third-order valence-corrected chi connectivity index (χ3v) is 7.86. The van der Waals surface area contributed by atoms with Crippen LogP contribution in [0.3, 0.4) is 0 Å². The number of hydrogen-bond acceptors (Lipinski definition) is 6. The molecule has 0 aromatic heterocycles. The van der Waals surface area contributed by atoms with E-state index in [4.69, 9.17) is 9.73 Å². The van der Waals surface area contributed by atoms with Crippen molar-refractivity contribution in [2.24, 2.45) is 10.9 Å². The highest BCUT2D eigenvalue weighted by atomic mass is 16.5. The highest BCUT2D eigenvalue weighted by molar-refractivity contribution is 6.00. The molecule has 0 radical (unpaired) electrons. The Morgan fingerprint density at radius 1 is 1.03 bits per heavy atom. The number of allylic oxidation sites excluding steroid dienone is 1. The first kappa shape index (κ1) is 25.2. The molecule has 2 bridgehead atoms. The van der Waals surface area contributed by atoms with E-state index < -0.39 is 0 Å². The first-order chi connectivity index (χ1) is 17.8. The molecule has 1 saturated heterocycles. The van der Waals surface area contributed by atoms with Crippen molar-refractivity contribution in [1.29, 1.82) is 0 Å². The normalized spacial score (nSPS) is 25.1. The average molecular weight is 500 g/mol. The van der Waals surface area contributed by atoms with Crippen molar-refractivity contribution in [3.8, 4) is 5.75 Å². The van der Waals surface area contributed by atoms with Crippen LogP contribution in [0.1, 0.15) is 43.2 Å². The molecule has 3 aliphatic heterocycles. The zero-order valence-corrected chi connectivity index (χ0v) is 22.7. The molecule has 3 heterocycles. The number of nitrogens with one attached hydrogen (secondary N) is 1. The molecule has 1 unspecified atom stereocenters. The number of nitrogens with zero attached hydrogens (tertiary/aromatic N) is 4. The maximum absolute atomic E-state index is 6.28. The summed E-state index contributed by atoms with van der Waals surface area (Å²) in [5, 5.41) is 3.45. The summed E-state index contributed by atoms with van der Waals surface area (Å²) in [6.45, 7) is 18.5. The summed E-state index contributed by atoms with van der Waals surface area (Å²) in [6.07, 6.45) is 10.3. The Morgan fingerprint density at radius 2 is 1.84 bits per heavy atom. The standard InChI is InChI=1S/C31H41N5O/c1-21-10-13-29-26(17-21)24(4)36-15-8-7-9-28(36)22(2)18-30-33-27(25-11-12-25)19-31(35(30)6)34(5)16-14-32-23(3)20-37-29/h10,13,17-19,25,28,32H,2-4,7-9,11-12,14-16,20H2,1,5-6H3/b30-18-. The summed E-state index contributed by atoms with van der Waals surface area (Å²) < 4.78 is 6.28. The molecule has 0 amide bonds. The summed E-state index contributed by atoms with van der Waals surface area (Å²) >= 11 is 0. The Labute approximate surface area is 222 Å². The minimum Gasteiger partial charge on any atom is -0.487 e. The number of ether oxygens (including phenoxy) is 1. The van der Waals surface area contributed by atoms with E-state index in [1.54, 1.807) is 0 Å². The predicted octanol–water partition coefficient (Wildman–Crippen LogP) is 5.28. The van der Waals surface area contributed by atoms with E-state index in [-0.39, 0.29) is 6.04 Å². The van der Waals surface area contributed by atoms with Crippen LogP contribution in [-0.4, -0.2) is 66.8 Å². The lowest BCUT2D eigenvalue weighted by Crippen LogP contribution is -2.39. The number of hydrogen-bond donors (Lipinski definition) is 1. The van der Waals surface area contributed by atoms with Gasteiger partial charge in [-0.1, -0.05) is 31.4 Å². The van der Waals surface area contributed by atoms with Gasteiger partial charge in [0.05, 0.1) is 6.04 Å². The van der Waals surface area contributed by atoms with Gasteiger partial charge in [-0.15, -0.1) is 0 Å². The van der Waals surface area contributed by atoms with Crippen LogP contribution in [0.25, 0.3) is 5.70 Å². The second kappa shape index (κ2) is 10.5. The lowest BCUT2D eigenvalue weighted by atomic mass is 9.93. The van der Waals surface area contributed by atoms with Crippen molar-refractivity contribution in [2.75, 3.05) is 40.3 Å². The van der Waals surface area contributed by atoms with Gasteiger partial charge < -0.3 is 24.8 Å². The van der Waals surface area contributed by atoms with Crippen LogP contribution in [0.15, 0.2) is 78.0 Å². The van der Waals surface area contributed by atoms with Crippen molar-refractivity contribution >= 4 is 11.4 Å². The second-order valence-corrected chi connectivity index (χ2v) is 10.8. The van der Waals surface area contributed by atoms with Crippen LogP contribution >= 0.6 is 0 Å². The third-order valence-electron chi connectivity index (χ3n) is 7.86. The first-order valence-corrected chi connectivity index (χ1v) is 13.6. The molecule has 4 aliphatic rings. The Balaban J connectivity index is 1.54. The summed E-state index contributed by atoms with van der Waals surface area (Å²) in [5.41, 5.74) is 6.36. The van der Waals surface area contributed by atoms with E-state index >= 15 is 0 Å². The zero-order chi connectivity index (χ0) is 26.1. The van der Waals surface area contributed by atoms with E-state index in [0.717, 1.165) is 72.4 Å². The van der Waals surface area contributed by atoms with Gasteiger partial charge in [0.1, 0.15) is 24.0 Å². The SMILES string of the molecule is C=C1COc2ccc(C)cc2C(=C)N2CCCCC2C(=C)/C=C2/N=C(C3CC3)C=C(N(C)CCN1)N2C. The number of fused-ring (bicyclic) bond motifs is 4. The molecular weight excluding hydrogens is 458 g/mol. The molecule has 5 rings (SSSR count). The maximum atomic E-state index is 6.28. The molecule has 6 nitrogen and oxygen atoms in total. The fourth-order valence-corrected chi connectivity index (χ4v) is 5.45. The smallest absolute Gasteiger partial charge is 0.134 e. The molecule has 1 aromatic rings. The number of aryl methyl sites for hydroxylation is 1. The second-order valence-electron chi connectivity index (χ2n) is 10.8. The average Bonchev–Trinajstić information content (AvgIpc) is 3.73. The van der Waals surface area contributed by atoms with Crippen LogP contribution in [0.2, 0.25) is 0 Å². The number of aliphatic imine (C=N–C) groups is 1. The Bertz CT molecular complexity index is 1190. The third kappa shape index (κ3) is 5.48. The van der Waals surface area contributed by atoms with Gasteiger partial charge in [0.15, 0.2) is 0 Å². The molecule has 1 saturated carbocycles. The molecule has 1 atom stereocenters. The molecule has 37 heavy (non-hydrogen) atoms. The van der Waals surface area contributed by atoms with Crippen LogP contribution in [0.4, 0.5) is 0 Å². The quantitative estimate of drug-likeness (QED) is 0.569. The van der Waals surface area contributed by atoms with Crippen molar-refractivity contribution in [3.63, 3.8) is 0 Å². The zero-order valence-electron chi connectivity index (χ0n) is 22.7. The van der Waals surface area contributed by atoms with Crippen LogP contribution in [0.5, 0.6) is 5.75 Å². The lowest BCUT2D eigenvalue weighted by Gasteiger charge is -2.40. The monoisotopic (exact) mass is 499 g/mol. The fourth-order valence-electron chi connectivity index (χ4n) is 5.45. The summed E-state index contributed by atoms with van der Waals surface area (Å²) in [4.78, 5) is 12.0. The van der Waals surface area contributed by atoms with E-state index in [2.05, 4.69) is 91.1 Å². The van der Waals surface area contributed by atoms with Gasteiger partial charge in [-0.2, -0.15) is 0 Å². The van der Waals surface area contributed by atoms with E-state index in [1.807, 2.05) is 0 Å². The minimum atomic E-state index is 0.175.